The zero-order valence-electron chi connectivity index (χ0n) is 11.5. The number of nitrogens with zero attached hydrogens (tertiary/aromatic N) is 1. The van der Waals surface area contributed by atoms with E-state index in [0.717, 1.165) is 22.5 Å². The molecule has 1 aromatic heterocycles. The molecule has 0 bridgehead atoms. The second-order valence-corrected chi connectivity index (χ2v) is 8.50. The summed E-state index contributed by atoms with van der Waals surface area (Å²) in [5.41, 5.74) is -1.26. The number of benzene rings is 1. The monoisotopic (exact) mass is 315 g/mol. The molecular formula is C14H18FNO2S2. The summed E-state index contributed by atoms with van der Waals surface area (Å²) in [6, 6.07) is 7.12. The molecule has 110 valence electrons. The van der Waals surface area contributed by atoms with Gasteiger partial charge in [-0.15, -0.1) is 11.3 Å². The Labute approximate surface area is 122 Å². The van der Waals surface area contributed by atoms with Crippen LogP contribution >= 0.6 is 11.3 Å². The van der Waals surface area contributed by atoms with Crippen LogP contribution in [0.5, 0.6) is 0 Å². The van der Waals surface area contributed by atoms with Crippen molar-refractivity contribution >= 4 is 31.4 Å². The molecule has 1 heterocycles. The van der Waals surface area contributed by atoms with Gasteiger partial charge >= 0.3 is 0 Å². The molecule has 1 atom stereocenters. The minimum atomic E-state index is -3.96. The summed E-state index contributed by atoms with van der Waals surface area (Å²) in [6.07, 6.45) is 1.44. The highest BCUT2D eigenvalue weighted by Crippen LogP contribution is 2.29. The van der Waals surface area contributed by atoms with E-state index in [2.05, 4.69) is 4.98 Å². The van der Waals surface area contributed by atoms with Gasteiger partial charge in [0.05, 0.1) is 10.2 Å². The highest BCUT2D eigenvalue weighted by atomic mass is 32.2. The fourth-order valence-electron chi connectivity index (χ4n) is 1.92. The summed E-state index contributed by atoms with van der Waals surface area (Å²) in [5.74, 6) is 0.451. The van der Waals surface area contributed by atoms with E-state index in [1.807, 2.05) is 19.9 Å². The molecule has 0 aliphatic carbocycles. The first kappa shape index (κ1) is 15.4. The zero-order valence-corrected chi connectivity index (χ0v) is 13.2. The second kappa shape index (κ2) is 6.18. The van der Waals surface area contributed by atoms with Crippen molar-refractivity contribution in [2.45, 2.75) is 43.0 Å². The van der Waals surface area contributed by atoms with Crippen molar-refractivity contribution < 1.29 is 12.8 Å². The maximum atomic E-state index is 14.0. The van der Waals surface area contributed by atoms with E-state index in [4.69, 9.17) is 0 Å². The Balaban J connectivity index is 2.16. The van der Waals surface area contributed by atoms with E-state index >= 15 is 0 Å². The number of alkyl halides is 1. The minimum absolute atomic E-state index is 0.0381. The topological polar surface area (TPSA) is 47.0 Å². The molecule has 0 spiro atoms. The van der Waals surface area contributed by atoms with E-state index in [1.165, 1.54) is 0 Å². The summed E-state index contributed by atoms with van der Waals surface area (Å²) in [4.78, 5) is 4.04. The molecule has 6 heteroatoms. The number of sulfone groups is 1. The Morgan fingerprint density at radius 1 is 1.25 bits per heavy atom. The van der Waals surface area contributed by atoms with Gasteiger partial charge in [-0.25, -0.2) is 17.8 Å². The molecule has 2 aromatic rings. The molecule has 1 unspecified atom stereocenters. The molecule has 0 N–H and O–H groups in total. The van der Waals surface area contributed by atoms with Crippen LogP contribution in [0.2, 0.25) is 0 Å². The van der Waals surface area contributed by atoms with Gasteiger partial charge in [0.25, 0.3) is 0 Å². The predicted octanol–water partition coefficient (Wildman–Crippen LogP) is 4.19. The third-order valence-electron chi connectivity index (χ3n) is 3.07. The number of halogens is 1. The second-order valence-electron chi connectivity index (χ2n) is 5.23. The maximum absolute atomic E-state index is 14.0. The van der Waals surface area contributed by atoms with Crippen LogP contribution in [-0.2, 0) is 9.84 Å². The number of hydrogen-bond acceptors (Lipinski definition) is 4. The van der Waals surface area contributed by atoms with Crippen molar-refractivity contribution in [1.29, 1.82) is 0 Å². The average Bonchev–Trinajstić information content (AvgIpc) is 2.82. The van der Waals surface area contributed by atoms with Crippen molar-refractivity contribution in [3.05, 3.63) is 24.3 Å². The minimum Gasteiger partial charge on any atom is -0.230 e. The summed E-state index contributed by atoms with van der Waals surface area (Å²) in [7, 11) is -3.96. The van der Waals surface area contributed by atoms with Crippen molar-refractivity contribution in [2.24, 2.45) is 5.92 Å². The van der Waals surface area contributed by atoms with Gasteiger partial charge in [0.15, 0.2) is 0 Å². The fourth-order valence-corrected chi connectivity index (χ4v) is 4.59. The summed E-state index contributed by atoms with van der Waals surface area (Å²) < 4.78 is 39.0. The lowest BCUT2D eigenvalue weighted by Crippen LogP contribution is -2.16. The Bertz CT molecular complexity index is 646. The number of hydrogen-bond donors (Lipinski definition) is 0. The standard InChI is InChI=1S/C14H18FNO2S2/c1-10(2)6-5-9-13(15)20(17,18)14-16-11-7-3-4-8-12(11)19-14/h3-4,7-8,10,13H,5-6,9H2,1-2H3. The average molecular weight is 315 g/mol. The van der Waals surface area contributed by atoms with Gasteiger partial charge in [-0.1, -0.05) is 32.4 Å². The SMILES string of the molecule is CC(C)CCCC(F)S(=O)(=O)c1nc2ccccc2s1. The molecule has 0 saturated carbocycles. The molecule has 3 nitrogen and oxygen atoms in total. The van der Waals surface area contributed by atoms with Gasteiger partial charge in [0, 0.05) is 0 Å². The lowest BCUT2D eigenvalue weighted by atomic mass is 10.1. The van der Waals surface area contributed by atoms with Crippen LogP contribution in [-0.4, -0.2) is 18.9 Å². The van der Waals surface area contributed by atoms with Gasteiger partial charge in [0.1, 0.15) is 0 Å². The van der Waals surface area contributed by atoms with Crippen molar-refractivity contribution in [2.75, 3.05) is 0 Å². The third-order valence-corrected chi connectivity index (χ3v) is 6.33. The first-order chi connectivity index (χ1) is 9.41. The number of rotatable bonds is 6. The van der Waals surface area contributed by atoms with Crippen LogP contribution in [0.1, 0.15) is 33.1 Å². The Morgan fingerprint density at radius 2 is 1.95 bits per heavy atom. The van der Waals surface area contributed by atoms with E-state index in [9.17, 15) is 12.8 Å². The van der Waals surface area contributed by atoms with Crippen LogP contribution < -0.4 is 0 Å². The molecule has 0 fully saturated rings. The largest absolute Gasteiger partial charge is 0.237 e. The van der Waals surface area contributed by atoms with Crippen LogP contribution in [0.25, 0.3) is 10.2 Å². The lowest BCUT2D eigenvalue weighted by molar-refractivity contribution is 0.377. The molecule has 0 aliphatic heterocycles. The number of aromatic nitrogens is 1. The van der Waals surface area contributed by atoms with Crippen LogP contribution in [0.15, 0.2) is 28.6 Å². The summed E-state index contributed by atoms with van der Waals surface area (Å²) in [6.45, 7) is 4.07. The zero-order chi connectivity index (χ0) is 14.8. The summed E-state index contributed by atoms with van der Waals surface area (Å²) >= 11 is 1.03. The van der Waals surface area contributed by atoms with Crippen molar-refractivity contribution in [1.82, 2.24) is 4.98 Å². The first-order valence-corrected chi connectivity index (χ1v) is 9.01. The molecule has 2 rings (SSSR count). The van der Waals surface area contributed by atoms with Crippen LogP contribution in [0.4, 0.5) is 4.39 Å². The lowest BCUT2D eigenvalue weighted by Gasteiger charge is -2.08. The highest BCUT2D eigenvalue weighted by Gasteiger charge is 2.30. The van der Waals surface area contributed by atoms with E-state index in [0.29, 0.717) is 17.9 Å². The van der Waals surface area contributed by atoms with Crippen molar-refractivity contribution in [3.63, 3.8) is 0 Å². The number of fused-ring (bicyclic) bond motifs is 1. The number of para-hydroxylation sites is 1. The summed E-state index contributed by atoms with van der Waals surface area (Å²) in [5, 5.41) is 0. The van der Waals surface area contributed by atoms with Crippen molar-refractivity contribution in [3.8, 4) is 0 Å². The third kappa shape index (κ3) is 3.35. The van der Waals surface area contributed by atoms with Gasteiger partial charge in [-0.05, 0) is 30.9 Å². The highest BCUT2D eigenvalue weighted by molar-refractivity contribution is 7.93. The molecular weight excluding hydrogens is 297 g/mol. The van der Waals surface area contributed by atoms with Crippen LogP contribution in [0, 0.1) is 5.92 Å². The maximum Gasteiger partial charge on any atom is 0.237 e. The quantitative estimate of drug-likeness (QED) is 0.803. The Kier molecular flexibility index (Phi) is 4.75. The van der Waals surface area contributed by atoms with Gasteiger partial charge < -0.3 is 0 Å². The van der Waals surface area contributed by atoms with Gasteiger partial charge in [0.2, 0.25) is 19.7 Å². The van der Waals surface area contributed by atoms with E-state index < -0.39 is 15.3 Å². The molecule has 0 aliphatic rings. The predicted molar refractivity (Wildman–Crippen MR) is 80.4 cm³/mol. The normalized spacial score (nSPS) is 14.0. The molecule has 0 saturated heterocycles. The van der Waals surface area contributed by atoms with Gasteiger partial charge in [-0.2, -0.15) is 0 Å². The Morgan fingerprint density at radius 3 is 2.60 bits per heavy atom. The van der Waals surface area contributed by atoms with E-state index in [-0.39, 0.29) is 10.8 Å². The number of thiazole rings is 1. The van der Waals surface area contributed by atoms with Gasteiger partial charge in [-0.3, -0.25) is 0 Å². The van der Waals surface area contributed by atoms with Crippen LogP contribution in [0.3, 0.4) is 0 Å². The first-order valence-electron chi connectivity index (χ1n) is 6.65. The Hall–Kier alpha value is -1.01. The molecule has 0 amide bonds. The molecule has 0 radical (unpaired) electrons. The fraction of sp³-hybridized carbons (Fsp3) is 0.500. The molecule has 20 heavy (non-hydrogen) atoms. The molecule has 1 aromatic carbocycles. The van der Waals surface area contributed by atoms with E-state index in [1.54, 1.807) is 18.2 Å². The smallest absolute Gasteiger partial charge is 0.230 e.